The van der Waals surface area contributed by atoms with E-state index >= 15 is 0 Å². The Balaban J connectivity index is 0.000000203. The molecule has 0 spiro atoms. The molecule has 4 atom stereocenters. The molecular weight excluding hydrogens is 436 g/mol. The van der Waals surface area contributed by atoms with Gasteiger partial charge in [-0.25, -0.2) is 0 Å². The Morgan fingerprint density at radius 1 is 0.857 bits per heavy atom. The number of carboxylic acids is 1. The van der Waals surface area contributed by atoms with E-state index in [4.69, 9.17) is 10.8 Å². The van der Waals surface area contributed by atoms with Gasteiger partial charge in [0.2, 0.25) is 5.91 Å². The van der Waals surface area contributed by atoms with Crippen molar-refractivity contribution in [3.8, 4) is 0 Å². The van der Waals surface area contributed by atoms with Gasteiger partial charge in [0.05, 0.1) is 12.5 Å². The van der Waals surface area contributed by atoms with Crippen molar-refractivity contribution < 1.29 is 14.7 Å². The zero-order valence-corrected chi connectivity index (χ0v) is 21.0. The van der Waals surface area contributed by atoms with Crippen LogP contribution in [0.25, 0.3) is 0 Å². The van der Waals surface area contributed by atoms with Crippen LogP contribution < -0.4 is 11.1 Å². The van der Waals surface area contributed by atoms with Crippen LogP contribution in [0.1, 0.15) is 75.6 Å². The molecule has 0 bridgehead atoms. The smallest absolute Gasteiger partial charge is 0.303 e. The lowest BCUT2D eigenvalue weighted by atomic mass is 10.0. The standard InChI is InChI=1S/C15H19NO.C8H11N.C7H10O2/c1-12(14-9-3-2-4-10-14)16-15(17)11-13-7-5-6-8-13;1-7(9)8-5-3-2-4-6-8;8-7(9)5-6-3-1-2-4-6/h2-5,7,9-10,12-13H,6,8,11H2,1H3,(H,16,17);2-7H,9H2,1H3;1,3,6H,2,4-5H2,(H,8,9)/t12-,13?;7-;/m11./s1. The van der Waals surface area contributed by atoms with Gasteiger partial charge in [0, 0.05) is 12.5 Å². The highest BCUT2D eigenvalue weighted by atomic mass is 16.4. The molecular formula is C30H40N2O3. The van der Waals surface area contributed by atoms with Crippen LogP contribution in [-0.4, -0.2) is 17.0 Å². The van der Waals surface area contributed by atoms with E-state index in [1.54, 1.807) is 0 Å². The molecule has 5 heteroatoms. The molecule has 2 unspecified atom stereocenters. The lowest BCUT2D eigenvalue weighted by molar-refractivity contribution is -0.137. The molecule has 2 aliphatic rings. The van der Waals surface area contributed by atoms with Crippen LogP contribution in [0.5, 0.6) is 0 Å². The van der Waals surface area contributed by atoms with Gasteiger partial charge in [-0.3, -0.25) is 9.59 Å². The fourth-order valence-electron chi connectivity index (χ4n) is 4.08. The summed E-state index contributed by atoms with van der Waals surface area (Å²) in [6.45, 7) is 4.01. The molecule has 2 aromatic rings. The van der Waals surface area contributed by atoms with Crippen LogP contribution in [0, 0.1) is 11.8 Å². The van der Waals surface area contributed by atoms with Crippen LogP contribution in [0.4, 0.5) is 0 Å². The highest BCUT2D eigenvalue weighted by molar-refractivity contribution is 5.77. The van der Waals surface area contributed by atoms with Gasteiger partial charge in [0.25, 0.3) is 0 Å². The van der Waals surface area contributed by atoms with Gasteiger partial charge < -0.3 is 16.2 Å². The molecule has 0 saturated carbocycles. The maximum absolute atomic E-state index is 11.8. The van der Waals surface area contributed by atoms with E-state index < -0.39 is 5.97 Å². The molecule has 2 aliphatic carbocycles. The van der Waals surface area contributed by atoms with E-state index in [9.17, 15) is 9.59 Å². The number of allylic oxidation sites excluding steroid dienone is 4. The highest BCUT2D eigenvalue weighted by Crippen LogP contribution is 2.21. The largest absolute Gasteiger partial charge is 0.481 e. The van der Waals surface area contributed by atoms with Crippen molar-refractivity contribution >= 4 is 11.9 Å². The summed E-state index contributed by atoms with van der Waals surface area (Å²) >= 11 is 0. The molecule has 35 heavy (non-hydrogen) atoms. The summed E-state index contributed by atoms with van der Waals surface area (Å²) < 4.78 is 0. The van der Waals surface area contributed by atoms with Crippen molar-refractivity contribution in [1.82, 2.24) is 5.32 Å². The fraction of sp³-hybridized carbons (Fsp3) is 0.400. The van der Waals surface area contributed by atoms with Crippen molar-refractivity contribution in [2.24, 2.45) is 17.6 Å². The van der Waals surface area contributed by atoms with Crippen LogP contribution in [0.3, 0.4) is 0 Å². The van der Waals surface area contributed by atoms with Gasteiger partial charge in [-0.1, -0.05) is 85.0 Å². The Bertz CT molecular complexity index is 939. The summed E-state index contributed by atoms with van der Waals surface area (Å²) in [7, 11) is 0. The first-order valence-corrected chi connectivity index (χ1v) is 12.5. The van der Waals surface area contributed by atoms with Crippen molar-refractivity contribution in [3.63, 3.8) is 0 Å². The van der Waals surface area contributed by atoms with Gasteiger partial charge in [0.1, 0.15) is 0 Å². The van der Waals surface area contributed by atoms with E-state index in [2.05, 4.69) is 17.5 Å². The second-order valence-electron chi connectivity index (χ2n) is 9.23. The number of hydrogen-bond acceptors (Lipinski definition) is 3. The van der Waals surface area contributed by atoms with Gasteiger partial charge in [-0.05, 0) is 62.5 Å². The number of hydrogen-bond donors (Lipinski definition) is 3. The van der Waals surface area contributed by atoms with Crippen LogP contribution in [0.2, 0.25) is 0 Å². The van der Waals surface area contributed by atoms with Crippen LogP contribution >= 0.6 is 0 Å². The Morgan fingerprint density at radius 2 is 1.34 bits per heavy atom. The lowest BCUT2D eigenvalue weighted by Crippen LogP contribution is -2.27. The highest BCUT2D eigenvalue weighted by Gasteiger charge is 2.16. The Kier molecular flexibility index (Phi) is 12.6. The van der Waals surface area contributed by atoms with Crippen LogP contribution in [0.15, 0.2) is 85.0 Å². The molecule has 4 rings (SSSR count). The normalized spacial score (nSPS) is 19.5. The first kappa shape index (κ1) is 28.1. The van der Waals surface area contributed by atoms with Crippen molar-refractivity contribution in [2.45, 2.75) is 64.5 Å². The minimum atomic E-state index is -0.688. The molecule has 0 heterocycles. The van der Waals surface area contributed by atoms with Crippen LogP contribution in [-0.2, 0) is 9.59 Å². The maximum atomic E-state index is 11.8. The molecule has 0 saturated heterocycles. The number of nitrogens with one attached hydrogen (secondary N) is 1. The Morgan fingerprint density at radius 3 is 1.74 bits per heavy atom. The first-order chi connectivity index (χ1) is 16.8. The van der Waals surface area contributed by atoms with Gasteiger partial charge >= 0.3 is 5.97 Å². The van der Waals surface area contributed by atoms with E-state index in [1.165, 1.54) is 5.56 Å². The number of carboxylic acid groups (broad SMARTS) is 1. The number of nitrogens with two attached hydrogens (primary N) is 1. The minimum Gasteiger partial charge on any atom is -0.481 e. The molecule has 1 amide bonds. The molecule has 0 radical (unpaired) electrons. The third-order valence-electron chi connectivity index (χ3n) is 6.11. The van der Waals surface area contributed by atoms with E-state index in [1.807, 2.05) is 86.7 Å². The zero-order valence-electron chi connectivity index (χ0n) is 21.0. The Hall–Kier alpha value is -3.18. The number of carbonyl (C=O) groups is 2. The van der Waals surface area contributed by atoms with Crippen molar-refractivity contribution in [1.29, 1.82) is 0 Å². The molecule has 2 aromatic carbocycles. The van der Waals surface area contributed by atoms with Crippen molar-refractivity contribution in [2.75, 3.05) is 0 Å². The molecule has 188 valence electrons. The van der Waals surface area contributed by atoms with E-state index in [0.717, 1.165) is 31.2 Å². The number of amides is 1. The quantitative estimate of drug-likeness (QED) is 0.406. The number of carbonyl (C=O) groups excluding carboxylic acids is 1. The zero-order chi connectivity index (χ0) is 25.5. The SMILES string of the molecule is C[C@@H](N)c1ccccc1.C[C@@H](NC(=O)CC1C=CCC1)c1ccccc1.O=C(O)CC1C=CCC1. The maximum Gasteiger partial charge on any atom is 0.303 e. The third kappa shape index (κ3) is 11.7. The van der Waals surface area contributed by atoms with E-state index in [0.29, 0.717) is 24.7 Å². The molecule has 5 nitrogen and oxygen atoms in total. The summed E-state index contributed by atoms with van der Waals surface area (Å²) in [6, 6.07) is 20.4. The van der Waals surface area contributed by atoms with Gasteiger partial charge in [0.15, 0.2) is 0 Å². The molecule has 0 aromatic heterocycles. The van der Waals surface area contributed by atoms with Gasteiger partial charge in [-0.15, -0.1) is 0 Å². The summed E-state index contributed by atoms with van der Waals surface area (Å²) in [5.74, 6) is 0.213. The first-order valence-electron chi connectivity index (χ1n) is 12.5. The third-order valence-corrected chi connectivity index (χ3v) is 6.11. The topological polar surface area (TPSA) is 92.4 Å². The van der Waals surface area contributed by atoms with Crippen molar-refractivity contribution in [3.05, 3.63) is 96.1 Å². The monoisotopic (exact) mass is 476 g/mol. The number of aliphatic carboxylic acids is 1. The minimum absolute atomic E-state index is 0.0917. The second-order valence-corrected chi connectivity index (χ2v) is 9.23. The summed E-state index contributed by atoms with van der Waals surface area (Å²) in [6.07, 6.45) is 13.6. The average molecular weight is 477 g/mol. The average Bonchev–Trinajstić information content (AvgIpc) is 3.55. The number of benzene rings is 2. The second kappa shape index (κ2) is 15.7. The number of rotatable bonds is 7. The van der Waals surface area contributed by atoms with E-state index in [-0.39, 0.29) is 18.0 Å². The molecule has 0 aliphatic heterocycles. The molecule has 0 fully saturated rings. The fourth-order valence-corrected chi connectivity index (χ4v) is 4.08. The summed E-state index contributed by atoms with van der Waals surface area (Å²) in [5, 5.41) is 11.4. The summed E-state index contributed by atoms with van der Waals surface area (Å²) in [4.78, 5) is 22.0. The molecule has 4 N–H and O–H groups in total. The van der Waals surface area contributed by atoms with Gasteiger partial charge in [-0.2, -0.15) is 0 Å². The summed E-state index contributed by atoms with van der Waals surface area (Å²) in [5.41, 5.74) is 7.96. The predicted octanol–water partition coefficient (Wildman–Crippen LogP) is 6.35. The Labute approximate surface area is 210 Å². The lowest BCUT2D eigenvalue weighted by Gasteiger charge is -2.15. The predicted molar refractivity (Wildman–Crippen MR) is 143 cm³/mol.